The number of hydrogen-bond donors (Lipinski definition) is 1. The van der Waals surface area contributed by atoms with Crippen LogP contribution in [0.1, 0.15) is 35.1 Å². The molecule has 1 aliphatic rings. The van der Waals surface area contributed by atoms with Gasteiger partial charge in [0.05, 0.1) is 0 Å². The second-order valence-corrected chi connectivity index (χ2v) is 4.62. The summed E-state index contributed by atoms with van der Waals surface area (Å²) in [6.07, 6.45) is 0. The molecule has 0 aromatic heterocycles. The van der Waals surface area contributed by atoms with Gasteiger partial charge in [-0.05, 0) is 44.4 Å². The van der Waals surface area contributed by atoms with Crippen LogP contribution in [0.4, 0.5) is 0 Å². The number of rotatable bonds is 1. The molecule has 2 unspecified atom stereocenters. The molecule has 0 saturated carbocycles. The van der Waals surface area contributed by atoms with E-state index in [1.54, 1.807) is 5.56 Å². The lowest BCUT2D eigenvalue weighted by atomic mass is 9.81. The number of nitrogens with one attached hydrogen (secondary N) is 1. The van der Waals surface area contributed by atoms with Crippen LogP contribution in [0.25, 0.3) is 0 Å². The molecule has 1 heteroatoms. The average molecular weight is 189 g/mol. The Morgan fingerprint density at radius 3 is 2.07 bits per heavy atom. The summed E-state index contributed by atoms with van der Waals surface area (Å²) in [7, 11) is 0. The van der Waals surface area contributed by atoms with Crippen LogP contribution in [0.5, 0.6) is 0 Å². The summed E-state index contributed by atoms with van der Waals surface area (Å²) in [5.74, 6) is 0.732. The second-order valence-electron chi connectivity index (χ2n) is 4.62. The standard InChI is InChI=1S/C13H19N/c1-8-5-9(2)13(10(3)6-8)12-7-14-11(12)4/h5-6,11-12,14H,7H2,1-4H3. The van der Waals surface area contributed by atoms with Gasteiger partial charge in [0.2, 0.25) is 0 Å². The Bertz CT molecular complexity index is 331. The molecular formula is C13H19N. The van der Waals surface area contributed by atoms with Gasteiger partial charge in [-0.3, -0.25) is 0 Å². The third-order valence-corrected chi connectivity index (χ3v) is 3.37. The zero-order valence-corrected chi connectivity index (χ0v) is 9.52. The van der Waals surface area contributed by atoms with Gasteiger partial charge in [0, 0.05) is 18.5 Å². The van der Waals surface area contributed by atoms with E-state index in [9.17, 15) is 0 Å². The fourth-order valence-electron chi connectivity index (χ4n) is 2.60. The molecule has 1 aromatic rings. The zero-order chi connectivity index (χ0) is 10.3. The predicted molar refractivity (Wildman–Crippen MR) is 60.9 cm³/mol. The summed E-state index contributed by atoms with van der Waals surface area (Å²) in [6.45, 7) is 10.1. The topological polar surface area (TPSA) is 12.0 Å². The molecule has 0 amide bonds. The zero-order valence-electron chi connectivity index (χ0n) is 9.52. The second kappa shape index (κ2) is 3.39. The molecule has 1 heterocycles. The number of aryl methyl sites for hydroxylation is 3. The summed E-state index contributed by atoms with van der Waals surface area (Å²) >= 11 is 0. The van der Waals surface area contributed by atoms with E-state index < -0.39 is 0 Å². The Morgan fingerprint density at radius 1 is 1.14 bits per heavy atom. The minimum absolute atomic E-state index is 0.648. The fourth-order valence-corrected chi connectivity index (χ4v) is 2.60. The van der Waals surface area contributed by atoms with Crippen molar-refractivity contribution in [3.63, 3.8) is 0 Å². The highest BCUT2D eigenvalue weighted by Gasteiger charge is 2.29. The van der Waals surface area contributed by atoms with Crippen molar-refractivity contribution in [2.45, 2.75) is 39.7 Å². The van der Waals surface area contributed by atoms with Crippen LogP contribution in [-0.2, 0) is 0 Å². The van der Waals surface area contributed by atoms with Gasteiger partial charge in [-0.2, -0.15) is 0 Å². The molecule has 14 heavy (non-hydrogen) atoms. The maximum atomic E-state index is 3.43. The molecule has 1 saturated heterocycles. The summed E-state index contributed by atoms with van der Waals surface area (Å²) in [5.41, 5.74) is 5.87. The van der Waals surface area contributed by atoms with Crippen molar-refractivity contribution in [1.82, 2.24) is 5.32 Å². The molecule has 0 bridgehead atoms. The van der Waals surface area contributed by atoms with E-state index in [2.05, 4.69) is 45.1 Å². The third kappa shape index (κ3) is 1.46. The molecule has 1 N–H and O–H groups in total. The highest BCUT2D eigenvalue weighted by atomic mass is 15.0. The molecule has 0 radical (unpaired) electrons. The molecule has 2 atom stereocenters. The van der Waals surface area contributed by atoms with Gasteiger partial charge in [-0.1, -0.05) is 17.7 Å². The lowest BCUT2D eigenvalue weighted by Gasteiger charge is -2.37. The van der Waals surface area contributed by atoms with E-state index in [1.165, 1.54) is 16.7 Å². The Kier molecular flexibility index (Phi) is 2.36. The molecule has 0 aliphatic carbocycles. The Morgan fingerprint density at radius 2 is 1.71 bits per heavy atom. The lowest BCUT2D eigenvalue weighted by Crippen LogP contribution is -2.49. The highest BCUT2D eigenvalue weighted by Crippen LogP contribution is 2.31. The summed E-state index contributed by atoms with van der Waals surface area (Å²) < 4.78 is 0. The molecule has 1 fully saturated rings. The normalized spacial score (nSPS) is 26.0. The van der Waals surface area contributed by atoms with Crippen molar-refractivity contribution in [3.8, 4) is 0 Å². The van der Waals surface area contributed by atoms with E-state index in [1.807, 2.05) is 0 Å². The molecule has 1 nitrogen and oxygen atoms in total. The smallest absolute Gasteiger partial charge is 0.0120 e. The van der Waals surface area contributed by atoms with Crippen LogP contribution in [0.2, 0.25) is 0 Å². The van der Waals surface area contributed by atoms with Crippen LogP contribution in [-0.4, -0.2) is 12.6 Å². The monoisotopic (exact) mass is 189 g/mol. The van der Waals surface area contributed by atoms with E-state index >= 15 is 0 Å². The van der Waals surface area contributed by atoms with Gasteiger partial charge in [0.1, 0.15) is 0 Å². The first-order valence-electron chi connectivity index (χ1n) is 5.40. The van der Waals surface area contributed by atoms with Crippen molar-refractivity contribution >= 4 is 0 Å². The van der Waals surface area contributed by atoms with E-state index in [0.717, 1.165) is 12.5 Å². The molecular weight excluding hydrogens is 170 g/mol. The predicted octanol–water partition coefficient (Wildman–Crippen LogP) is 2.69. The average Bonchev–Trinajstić information content (AvgIpc) is 2.08. The van der Waals surface area contributed by atoms with Gasteiger partial charge >= 0.3 is 0 Å². The van der Waals surface area contributed by atoms with Crippen LogP contribution < -0.4 is 5.32 Å². The van der Waals surface area contributed by atoms with Gasteiger partial charge in [0.25, 0.3) is 0 Å². The molecule has 76 valence electrons. The van der Waals surface area contributed by atoms with E-state index in [4.69, 9.17) is 0 Å². The van der Waals surface area contributed by atoms with E-state index in [0.29, 0.717) is 6.04 Å². The summed E-state index contributed by atoms with van der Waals surface area (Å²) in [6, 6.07) is 5.25. The van der Waals surface area contributed by atoms with Crippen molar-refractivity contribution in [2.24, 2.45) is 0 Å². The molecule has 0 spiro atoms. The van der Waals surface area contributed by atoms with Crippen LogP contribution in [0, 0.1) is 20.8 Å². The van der Waals surface area contributed by atoms with Gasteiger partial charge in [-0.25, -0.2) is 0 Å². The van der Waals surface area contributed by atoms with Gasteiger partial charge in [-0.15, -0.1) is 0 Å². The quantitative estimate of drug-likeness (QED) is 0.716. The molecule has 1 aromatic carbocycles. The summed E-state index contributed by atoms with van der Waals surface area (Å²) in [5, 5.41) is 3.43. The van der Waals surface area contributed by atoms with Crippen molar-refractivity contribution in [3.05, 3.63) is 34.4 Å². The highest BCUT2D eigenvalue weighted by molar-refractivity contribution is 5.41. The number of benzene rings is 1. The van der Waals surface area contributed by atoms with Crippen LogP contribution in [0.3, 0.4) is 0 Å². The lowest BCUT2D eigenvalue weighted by molar-refractivity contribution is 0.332. The minimum Gasteiger partial charge on any atom is -0.313 e. The first kappa shape index (κ1) is 9.72. The largest absolute Gasteiger partial charge is 0.313 e. The molecule has 1 aliphatic heterocycles. The van der Waals surface area contributed by atoms with Crippen LogP contribution in [0.15, 0.2) is 12.1 Å². The fraction of sp³-hybridized carbons (Fsp3) is 0.538. The maximum absolute atomic E-state index is 3.43. The minimum atomic E-state index is 0.648. The summed E-state index contributed by atoms with van der Waals surface area (Å²) in [4.78, 5) is 0. The van der Waals surface area contributed by atoms with Gasteiger partial charge < -0.3 is 5.32 Å². The van der Waals surface area contributed by atoms with Crippen molar-refractivity contribution in [2.75, 3.05) is 6.54 Å². The van der Waals surface area contributed by atoms with E-state index in [-0.39, 0.29) is 0 Å². The third-order valence-electron chi connectivity index (χ3n) is 3.37. The first-order valence-corrected chi connectivity index (χ1v) is 5.40. The van der Waals surface area contributed by atoms with Crippen molar-refractivity contribution < 1.29 is 0 Å². The SMILES string of the molecule is Cc1cc(C)c(C2CNC2C)c(C)c1. The Hall–Kier alpha value is -0.820. The van der Waals surface area contributed by atoms with Gasteiger partial charge in [0.15, 0.2) is 0 Å². The van der Waals surface area contributed by atoms with Crippen LogP contribution >= 0.6 is 0 Å². The Balaban J connectivity index is 2.42. The first-order chi connectivity index (χ1) is 6.59. The molecule has 2 rings (SSSR count). The van der Waals surface area contributed by atoms with Crippen molar-refractivity contribution in [1.29, 1.82) is 0 Å². The Labute approximate surface area is 86.5 Å². The number of hydrogen-bond acceptors (Lipinski definition) is 1. The maximum Gasteiger partial charge on any atom is 0.0120 e.